The van der Waals surface area contributed by atoms with Crippen LogP contribution in [0.5, 0.6) is 5.75 Å². The zero-order chi connectivity index (χ0) is 22.8. The molecule has 1 unspecified atom stereocenters. The number of hydrogen-bond acceptors (Lipinski definition) is 6. The number of benzene rings is 2. The first-order valence-corrected chi connectivity index (χ1v) is 12.1. The maximum atomic E-state index is 6.19. The van der Waals surface area contributed by atoms with E-state index in [1.54, 1.807) is 13.4 Å². The number of hydrogen-bond donors (Lipinski definition) is 1. The molecule has 0 saturated carbocycles. The molecule has 2 aromatic carbocycles. The third-order valence-corrected chi connectivity index (χ3v) is 7.12. The summed E-state index contributed by atoms with van der Waals surface area (Å²) in [7, 11) is 1.67. The van der Waals surface area contributed by atoms with Gasteiger partial charge in [0.2, 0.25) is 5.95 Å². The highest BCUT2D eigenvalue weighted by atomic mass is 35.5. The van der Waals surface area contributed by atoms with Gasteiger partial charge in [-0.2, -0.15) is 0 Å². The summed E-state index contributed by atoms with van der Waals surface area (Å²) in [5.74, 6) is 1.32. The van der Waals surface area contributed by atoms with E-state index in [1.165, 1.54) is 5.56 Å². The minimum Gasteiger partial charge on any atom is -0.494 e. The molecule has 1 N–H and O–H groups in total. The third-order valence-electron chi connectivity index (χ3n) is 5.62. The smallest absolute Gasteiger partial charge is 0.227 e. The molecule has 0 aliphatic heterocycles. The van der Waals surface area contributed by atoms with E-state index in [2.05, 4.69) is 21.4 Å². The number of fused-ring (bicyclic) bond motifs is 1. The molecule has 2 heterocycles. The van der Waals surface area contributed by atoms with Crippen molar-refractivity contribution in [3.8, 4) is 11.4 Å². The number of imidazole rings is 1. The number of ether oxygens (including phenoxy) is 1. The van der Waals surface area contributed by atoms with Gasteiger partial charge in [0.1, 0.15) is 5.75 Å². The number of rotatable bonds is 6. The lowest BCUT2D eigenvalue weighted by Crippen LogP contribution is -2.12. The van der Waals surface area contributed by atoms with Crippen LogP contribution in [0.2, 0.25) is 5.02 Å². The summed E-state index contributed by atoms with van der Waals surface area (Å²) < 4.78 is 7.58. The summed E-state index contributed by atoms with van der Waals surface area (Å²) in [6, 6.07) is 13.9. The van der Waals surface area contributed by atoms with Crippen LogP contribution in [0.25, 0.3) is 5.69 Å². The summed E-state index contributed by atoms with van der Waals surface area (Å²) in [6.45, 7) is 1.96. The molecule has 0 amide bonds. The van der Waals surface area contributed by atoms with E-state index in [9.17, 15) is 0 Å². The first-order chi connectivity index (χ1) is 16.1. The van der Waals surface area contributed by atoms with Gasteiger partial charge in [0, 0.05) is 34.1 Å². The number of thioether (sulfide) groups is 1. The monoisotopic (exact) mass is 477 g/mol. The number of halogens is 1. The molecule has 0 fully saturated rings. The molecule has 1 atom stereocenters. The third kappa shape index (κ3) is 4.84. The highest BCUT2D eigenvalue weighted by molar-refractivity contribution is 7.99. The van der Waals surface area contributed by atoms with Gasteiger partial charge < -0.3 is 14.6 Å². The number of anilines is 2. The van der Waals surface area contributed by atoms with Gasteiger partial charge in [0.25, 0.3) is 0 Å². The quantitative estimate of drug-likeness (QED) is 0.340. The molecule has 0 bridgehead atoms. The fraction of sp³-hybridized carbons (Fsp3) is 0.240. The van der Waals surface area contributed by atoms with Crippen molar-refractivity contribution >= 4 is 35.0 Å². The maximum Gasteiger partial charge on any atom is 0.227 e. The van der Waals surface area contributed by atoms with Gasteiger partial charge in [0.15, 0.2) is 0 Å². The first-order valence-electron chi connectivity index (χ1n) is 10.8. The van der Waals surface area contributed by atoms with Crippen molar-refractivity contribution < 1.29 is 4.74 Å². The van der Waals surface area contributed by atoms with E-state index in [-0.39, 0.29) is 5.25 Å². The van der Waals surface area contributed by atoms with E-state index < -0.39 is 0 Å². The standard InChI is InChI=1S/C25H24ClN5OS/c1-16-14-31(15-28-16)21-10-9-19(12-22(21)32-2)29-25-27-13-17-5-3-8-23(24(17)30-25)33-20-7-4-6-18(26)11-20/h4,6-7,9-15,23H,3,5,8H2,1-2H3,(H,27,29,30). The van der Waals surface area contributed by atoms with Crippen LogP contribution in [0.3, 0.4) is 0 Å². The topological polar surface area (TPSA) is 64.9 Å². The number of methoxy groups -OCH3 is 1. The molecule has 2 aromatic heterocycles. The van der Waals surface area contributed by atoms with Crippen LogP contribution in [0, 0.1) is 6.92 Å². The number of nitrogens with zero attached hydrogens (tertiary/aromatic N) is 4. The van der Waals surface area contributed by atoms with Gasteiger partial charge in [-0.3, -0.25) is 0 Å². The fourth-order valence-corrected chi connectivity index (χ4v) is 5.57. The molecule has 0 radical (unpaired) electrons. The highest BCUT2D eigenvalue weighted by Crippen LogP contribution is 2.43. The molecule has 168 valence electrons. The van der Waals surface area contributed by atoms with Crippen molar-refractivity contribution in [2.24, 2.45) is 0 Å². The van der Waals surface area contributed by atoms with Crippen molar-refractivity contribution in [3.05, 3.63) is 83.2 Å². The van der Waals surface area contributed by atoms with E-state index in [0.717, 1.165) is 57.7 Å². The van der Waals surface area contributed by atoms with E-state index in [0.29, 0.717) is 5.95 Å². The van der Waals surface area contributed by atoms with Crippen LogP contribution < -0.4 is 10.1 Å². The Kier molecular flexibility index (Phi) is 6.24. The molecular weight excluding hydrogens is 454 g/mol. The molecule has 0 spiro atoms. The Labute approximate surface area is 202 Å². The summed E-state index contributed by atoms with van der Waals surface area (Å²) >= 11 is 8.00. The predicted molar refractivity (Wildman–Crippen MR) is 133 cm³/mol. The second kappa shape index (κ2) is 9.45. The molecule has 1 aliphatic rings. The van der Waals surface area contributed by atoms with Crippen molar-refractivity contribution in [2.75, 3.05) is 12.4 Å². The number of aromatic nitrogens is 4. The Morgan fingerprint density at radius 2 is 2.09 bits per heavy atom. The second-order valence-electron chi connectivity index (χ2n) is 7.99. The molecule has 5 rings (SSSR count). The maximum absolute atomic E-state index is 6.19. The van der Waals surface area contributed by atoms with Gasteiger partial charge in [-0.05, 0) is 62.1 Å². The Bertz CT molecular complexity index is 1290. The molecule has 8 heteroatoms. The largest absolute Gasteiger partial charge is 0.494 e. The lowest BCUT2D eigenvalue weighted by molar-refractivity contribution is 0.413. The fourth-order valence-electron chi connectivity index (χ4n) is 4.04. The first kappa shape index (κ1) is 21.8. The molecular formula is C25H24ClN5OS. The van der Waals surface area contributed by atoms with Crippen LogP contribution in [-0.2, 0) is 6.42 Å². The Morgan fingerprint density at radius 1 is 1.18 bits per heavy atom. The number of nitrogens with one attached hydrogen (secondary N) is 1. The van der Waals surface area contributed by atoms with Crippen LogP contribution in [0.4, 0.5) is 11.6 Å². The molecule has 4 aromatic rings. The van der Waals surface area contributed by atoms with Gasteiger partial charge in [-0.25, -0.2) is 15.0 Å². The molecule has 33 heavy (non-hydrogen) atoms. The van der Waals surface area contributed by atoms with Crippen molar-refractivity contribution in [2.45, 2.75) is 36.3 Å². The van der Waals surface area contributed by atoms with Crippen LogP contribution in [0.15, 0.2) is 66.1 Å². The van der Waals surface area contributed by atoms with Crippen LogP contribution in [-0.4, -0.2) is 26.6 Å². The predicted octanol–water partition coefficient (Wildman–Crippen LogP) is 6.55. The average Bonchev–Trinajstić information content (AvgIpc) is 3.25. The minimum atomic E-state index is 0.275. The molecule has 1 aliphatic carbocycles. The van der Waals surface area contributed by atoms with Crippen molar-refractivity contribution in [1.29, 1.82) is 0 Å². The summed E-state index contributed by atoms with van der Waals surface area (Å²) in [5, 5.41) is 4.38. The summed E-state index contributed by atoms with van der Waals surface area (Å²) in [5.41, 5.74) is 5.05. The zero-order valence-corrected chi connectivity index (χ0v) is 20.0. The second-order valence-corrected chi connectivity index (χ2v) is 9.71. The van der Waals surface area contributed by atoms with E-state index in [1.807, 2.05) is 72.0 Å². The summed E-state index contributed by atoms with van der Waals surface area (Å²) in [6.07, 6.45) is 8.92. The summed E-state index contributed by atoms with van der Waals surface area (Å²) in [4.78, 5) is 14.9. The Hall–Kier alpha value is -3.03. The molecule has 0 saturated heterocycles. The highest BCUT2D eigenvalue weighted by Gasteiger charge is 2.24. The lowest BCUT2D eigenvalue weighted by Gasteiger charge is -2.24. The molecule has 6 nitrogen and oxygen atoms in total. The van der Waals surface area contributed by atoms with Gasteiger partial charge in [-0.15, -0.1) is 11.8 Å². The lowest BCUT2D eigenvalue weighted by atomic mass is 9.97. The van der Waals surface area contributed by atoms with Gasteiger partial charge in [-0.1, -0.05) is 17.7 Å². The zero-order valence-electron chi connectivity index (χ0n) is 18.5. The van der Waals surface area contributed by atoms with Gasteiger partial charge in [0.05, 0.1) is 35.8 Å². The van der Waals surface area contributed by atoms with Crippen LogP contribution >= 0.6 is 23.4 Å². The van der Waals surface area contributed by atoms with E-state index >= 15 is 0 Å². The SMILES string of the molecule is COc1cc(Nc2ncc3c(n2)C(Sc2cccc(Cl)c2)CCC3)ccc1-n1cnc(C)c1. The van der Waals surface area contributed by atoms with Gasteiger partial charge >= 0.3 is 0 Å². The Morgan fingerprint density at radius 3 is 2.88 bits per heavy atom. The number of aryl methyl sites for hydroxylation is 2. The van der Waals surface area contributed by atoms with Crippen molar-refractivity contribution in [3.63, 3.8) is 0 Å². The van der Waals surface area contributed by atoms with E-state index in [4.69, 9.17) is 21.3 Å². The van der Waals surface area contributed by atoms with Crippen LogP contribution in [0.1, 0.15) is 35.0 Å². The Balaban J connectivity index is 1.39. The minimum absolute atomic E-state index is 0.275. The van der Waals surface area contributed by atoms with Crippen molar-refractivity contribution in [1.82, 2.24) is 19.5 Å². The average molecular weight is 478 g/mol. The normalized spacial score (nSPS) is 15.2.